The highest BCUT2D eigenvalue weighted by Crippen LogP contribution is 2.37. The molecule has 0 radical (unpaired) electrons. The number of anilines is 1. The number of rotatable bonds is 5. The third kappa shape index (κ3) is 4.50. The fraction of sp³-hybridized carbons (Fsp3) is 0.348. The van der Waals surface area contributed by atoms with Gasteiger partial charge in [-0.25, -0.2) is 0 Å². The molecule has 8 heteroatoms. The zero-order valence-corrected chi connectivity index (χ0v) is 17.7. The molecule has 2 aromatic carbocycles. The number of aliphatic hydroxyl groups is 4. The van der Waals surface area contributed by atoms with Crippen LogP contribution >= 0.6 is 11.3 Å². The van der Waals surface area contributed by atoms with Gasteiger partial charge in [0.1, 0.15) is 30.5 Å². The SMILES string of the molecule is CC(=O)Nc1ccc(Cc2cc3ccccc3s2)cc1[C@@H]1OC(CO)[C@@H](O)C(O)[C@H]1O. The zero-order valence-electron chi connectivity index (χ0n) is 16.9. The van der Waals surface area contributed by atoms with Crippen molar-refractivity contribution in [3.8, 4) is 0 Å². The van der Waals surface area contributed by atoms with Crippen LogP contribution in [0.25, 0.3) is 10.1 Å². The lowest BCUT2D eigenvalue weighted by Crippen LogP contribution is -2.55. The molecule has 0 aliphatic carbocycles. The maximum atomic E-state index is 11.7. The number of fused-ring (bicyclic) bond motifs is 1. The van der Waals surface area contributed by atoms with Crippen LogP contribution in [0.5, 0.6) is 0 Å². The molecule has 2 heterocycles. The number of hydrogen-bond acceptors (Lipinski definition) is 7. The molecule has 5 N–H and O–H groups in total. The van der Waals surface area contributed by atoms with Gasteiger partial charge in [-0.3, -0.25) is 4.79 Å². The van der Waals surface area contributed by atoms with Crippen molar-refractivity contribution in [3.63, 3.8) is 0 Å². The van der Waals surface area contributed by atoms with Crippen molar-refractivity contribution in [3.05, 3.63) is 64.5 Å². The van der Waals surface area contributed by atoms with E-state index in [0.29, 0.717) is 17.7 Å². The Kier molecular flexibility index (Phi) is 6.38. The van der Waals surface area contributed by atoms with Gasteiger partial charge in [-0.1, -0.05) is 30.3 Å². The summed E-state index contributed by atoms with van der Waals surface area (Å²) < 4.78 is 6.93. The van der Waals surface area contributed by atoms with Crippen LogP contribution in [0.3, 0.4) is 0 Å². The monoisotopic (exact) mass is 443 g/mol. The molecule has 1 aliphatic heterocycles. The molecule has 1 fully saturated rings. The summed E-state index contributed by atoms with van der Waals surface area (Å²) in [7, 11) is 0. The topological polar surface area (TPSA) is 119 Å². The van der Waals surface area contributed by atoms with Crippen molar-refractivity contribution >= 4 is 33.0 Å². The number of aliphatic hydroxyl groups excluding tert-OH is 4. The van der Waals surface area contributed by atoms with Gasteiger partial charge < -0.3 is 30.5 Å². The van der Waals surface area contributed by atoms with E-state index < -0.39 is 37.1 Å². The second kappa shape index (κ2) is 9.04. The first kappa shape index (κ1) is 21.9. The van der Waals surface area contributed by atoms with Gasteiger partial charge in [0.25, 0.3) is 0 Å². The van der Waals surface area contributed by atoms with E-state index in [4.69, 9.17) is 4.74 Å². The Bertz CT molecular complexity index is 1050. The van der Waals surface area contributed by atoms with E-state index in [1.165, 1.54) is 17.0 Å². The van der Waals surface area contributed by atoms with Crippen LogP contribution in [0.4, 0.5) is 5.69 Å². The van der Waals surface area contributed by atoms with Gasteiger partial charge in [-0.05, 0) is 29.1 Å². The van der Waals surface area contributed by atoms with Gasteiger partial charge in [-0.15, -0.1) is 11.3 Å². The second-order valence-electron chi connectivity index (χ2n) is 7.78. The van der Waals surface area contributed by atoms with Crippen LogP contribution in [-0.4, -0.2) is 57.4 Å². The normalized spacial score (nSPS) is 26.2. The number of thiophene rings is 1. The summed E-state index contributed by atoms with van der Waals surface area (Å²) >= 11 is 1.70. The van der Waals surface area contributed by atoms with E-state index in [0.717, 1.165) is 10.4 Å². The molecule has 0 bridgehead atoms. The molecule has 0 spiro atoms. The van der Waals surface area contributed by atoms with Crippen molar-refractivity contribution < 1.29 is 30.0 Å². The van der Waals surface area contributed by atoms with Gasteiger partial charge in [0.2, 0.25) is 5.91 Å². The van der Waals surface area contributed by atoms with Crippen LogP contribution in [0.1, 0.15) is 29.0 Å². The van der Waals surface area contributed by atoms with Crippen LogP contribution in [-0.2, 0) is 16.0 Å². The molecule has 3 aromatic rings. The molecule has 1 amide bonds. The molecule has 31 heavy (non-hydrogen) atoms. The first-order valence-corrected chi connectivity index (χ1v) is 10.9. The Morgan fingerprint density at radius 3 is 2.55 bits per heavy atom. The van der Waals surface area contributed by atoms with Crippen LogP contribution in [0.2, 0.25) is 0 Å². The minimum atomic E-state index is -1.49. The van der Waals surface area contributed by atoms with E-state index >= 15 is 0 Å². The van der Waals surface area contributed by atoms with Crippen LogP contribution < -0.4 is 5.32 Å². The molecular weight excluding hydrogens is 418 g/mol. The largest absolute Gasteiger partial charge is 0.394 e. The summed E-state index contributed by atoms with van der Waals surface area (Å²) in [4.78, 5) is 12.9. The van der Waals surface area contributed by atoms with E-state index in [9.17, 15) is 25.2 Å². The van der Waals surface area contributed by atoms with Crippen LogP contribution in [0.15, 0.2) is 48.5 Å². The molecule has 5 atom stereocenters. The van der Waals surface area contributed by atoms with Crippen molar-refractivity contribution in [1.82, 2.24) is 0 Å². The third-order valence-corrected chi connectivity index (χ3v) is 6.60. The fourth-order valence-electron chi connectivity index (χ4n) is 3.94. The number of benzene rings is 2. The van der Waals surface area contributed by atoms with Crippen LogP contribution in [0, 0.1) is 0 Å². The third-order valence-electron chi connectivity index (χ3n) is 5.48. The number of nitrogens with one attached hydrogen (secondary N) is 1. The van der Waals surface area contributed by atoms with E-state index in [1.54, 1.807) is 17.4 Å². The zero-order chi connectivity index (χ0) is 22.1. The Labute approximate surface area is 183 Å². The van der Waals surface area contributed by atoms with Gasteiger partial charge in [0, 0.05) is 34.2 Å². The van der Waals surface area contributed by atoms with Crippen molar-refractivity contribution in [1.29, 1.82) is 0 Å². The van der Waals surface area contributed by atoms with Gasteiger partial charge in [0.05, 0.1) is 6.61 Å². The average Bonchev–Trinajstić information content (AvgIpc) is 3.15. The Balaban J connectivity index is 1.69. The lowest BCUT2D eigenvalue weighted by molar-refractivity contribution is -0.231. The Hall–Kier alpha value is -2.33. The lowest BCUT2D eigenvalue weighted by Gasteiger charge is -2.40. The maximum absolute atomic E-state index is 11.7. The molecule has 1 aromatic heterocycles. The summed E-state index contributed by atoms with van der Waals surface area (Å²) in [5, 5.41) is 44.3. The first-order valence-electron chi connectivity index (χ1n) is 10.1. The number of hydrogen-bond donors (Lipinski definition) is 5. The number of ether oxygens (including phenoxy) is 1. The quantitative estimate of drug-likeness (QED) is 0.411. The van der Waals surface area contributed by atoms with Crippen molar-refractivity contribution in [2.45, 2.75) is 43.9 Å². The minimum Gasteiger partial charge on any atom is -0.394 e. The first-order chi connectivity index (χ1) is 14.9. The standard InChI is InChI=1S/C23H25NO6S/c1-12(26)24-17-7-6-13(8-15-10-14-4-2-3-5-19(14)31-15)9-16(17)23-22(29)21(28)20(27)18(11-25)30-23/h2-7,9-10,18,20-23,25,27-29H,8,11H2,1H3,(H,24,26)/t18?,20-,21?,22-,23+/m1/s1. The lowest BCUT2D eigenvalue weighted by atomic mass is 9.89. The molecule has 0 saturated carbocycles. The molecule has 164 valence electrons. The molecular formula is C23H25NO6S. The number of amides is 1. The summed E-state index contributed by atoms with van der Waals surface area (Å²) in [6.07, 6.45) is -5.77. The summed E-state index contributed by atoms with van der Waals surface area (Å²) in [6, 6.07) is 15.7. The van der Waals surface area contributed by atoms with Crippen molar-refractivity contribution in [2.24, 2.45) is 0 Å². The Morgan fingerprint density at radius 1 is 1.06 bits per heavy atom. The molecule has 4 rings (SSSR count). The number of carbonyl (C=O) groups is 1. The van der Waals surface area contributed by atoms with Gasteiger partial charge in [-0.2, -0.15) is 0 Å². The smallest absolute Gasteiger partial charge is 0.221 e. The van der Waals surface area contributed by atoms with E-state index in [2.05, 4.69) is 23.5 Å². The maximum Gasteiger partial charge on any atom is 0.221 e. The molecule has 2 unspecified atom stereocenters. The van der Waals surface area contributed by atoms with Crippen molar-refractivity contribution in [2.75, 3.05) is 11.9 Å². The minimum absolute atomic E-state index is 0.289. The average molecular weight is 444 g/mol. The number of carbonyl (C=O) groups excluding carboxylic acids is 1. The highest BCUT2D eigenvalue weighted by molar-refractivity contribution is 7.19. The Morgan fingerprint density at radius 2 is 1.84 bits per heavy atom. The fourth-order valence-corrected chi connectivity index (χ4v) is 5.04. The van der Waals surface area contributed by atoms with E-state index in [1.807, 2.05) is 24.3 Å². The summed E-state index contributed by atoms with van der Waals surface area (Å²) in [5.74, 6) is -0.289. The predicted octanol–water partition coefficient (Wildman–Crippen LogP) is 1.97. The summed E-state index contributed by atoms with van der Waals surface area (Å²) in [6.45, 7) is 0.862. The van der Waals surface area contributed by atoms with E-state index in [-0.39, 0.29) is 5.91 Å². The second-order valence-corrected chi connectivity index (χ2v) is 8.95. The molecule has 1 saturated heterocycles. The van der Waals surface area contributed by atoms with Gasteiger partial charge >= 0.3 is 0 Å². The molecule has 7 nitrogen and oxygen atoms in total. The highest BCUT2D eigenvalue weighted by atomic mass is 32.1. The van der Waals surface area contributed by atoms with Gasteiger partial charge in [0.15, 0.2) is 0 Å². The highest BCUT2D eigenvalue weighted by Gasteiger charge is 2.44. The molecule has 1 aliphatic rings. The predicted molar refractivity (Wildman–Crippen MR) is 118 cm³/mol. The summed E-state index contributed by atoms with van der Waals surface area (Å²) in [5.41, 5.74) is 1.86.